The number of hydrogen-bond donors (Lipinski definition) is 1. The lowest BCUT2D eigenvalue weighted by Crippen LogP contribution is -2.38. The number of allylic oxidation sites excluding steroid dienone is 1. The van der Waals surface area contributed by atoms with Crippen LogP contribution in [0, 0.1) is 11.8 Å². The van der Waals surface area contributed by atoms with Crippen LogP contribution in [0.15, 0.2) is 11.8 Å². The summed E-state index contributed by atoms with van der Waals surface area (Å²) in [5.41, 5.74) is 6.21. The third-order valence-electron chi connectivity index (χ3n) is 3.75. The summed E-state index contributed by atoms with van der Waals surface area (Å²) < 4.78 is 5.62. The molecule has 1 aliphatic carbocycles. The molecule has 2 rings (SSSR count). The summed E-state index contributed by atoms with van der Waals surface area (Å²) >= 11 is 0. The number of rotatable bonds is 3. The highest BCUT2D eigenvalue weighted by atomic mass is 16.5. The highest BCUT2D eigenvalue weighted by molar-refractivity contribution is 5.07. The van der Waals surface area contributed by atoms with E-state index in [2.05, 4.69) is 13.0 Å². The largest absolute Gasteiger partial charge is 0.497 e. The van der Waals surface area contributed by atoms with Crippen LogP contribution >= 0.6 is 0 Å². The SMILES string of the molecule is CC(C1CCC1)C(N)C1=CCCCO1. The quantitative estimate of drug-likeness (QED) is 0.750. The maximum Gasteiger partial charge on any atom is 0.109 e. The first-order valence-corrected chi connectivity index (χ1v) is 5.87. The van der Waals surface area contributed by atoms with Crippen LogP contribution in [0.2, 0.25) is 0 Å². The van der Waals surface area contributed by atoms with Crippen LogP contribution in [0.5, 0.6) is 0 Å². The van der Waals surface area contributed by atoms with Crippen LogP contribution in [-0.4, -0.2) is 12.6 Å². The van der Waals surface area contributed by atoms with Gasteiger partial charge in [-0.2, -0.15) is 0 Å². The van der Waals surface area contributed by atoms with Crippen molar-refractivity contribution in [2.24, 2.45) is 17.6 Å². The summed E-state index contributed by atoms with van der Waals surface area (Å²) in [4.78, 5) is 0. The summed E-state index contributed by atoms with van der Waals surface area (Å²) in [5, 5.41) is 0. The van der Waals surface area contributed by atoms with Gasteiger partial charge >= 0.3 is 0 Å². The minimum absolute atomic E-state index is 0.139. The maximum atomic E-state index is 6.21. The average molecular weight is 195 g/mol. The molecular weight excluding hydrogens is 174 g/mol. The van der Waals surface area contributed by atoms with Gasteiger partial charge in [-0.3, -0.25) is 0 Å². The van der Waals surface area contributed by atoms with Gasteiger partial charge < -0.3 is 10.5 Å². The second-order valence-corrected chi connectivity index (χ2v) is 4.67. The van der Waals surface area contributed by atoms with Crippen molar-refractivity contribution >= 4 is 0 Å². The van der Waals surface area contributed by atoms with Gasteiger partial charge in [-0.1, -0.05) is 26.2 Å². The molecule has 80 valence electrons. The van der Waals surface area contributed by atoms with E-state index in [0.29, 0.717) is 5.92 Å². The van der Waals surface area contributed by atoms with E-state index >= 15 is 0 Å². The molecule has 0 radical (unpaired) electrons. The van der Waals surface area contributed by atoms with Crippen molar-refractivity contribution in [3.8, 4) is 0 Å². The van der Waals surface area contributed by atoms with E-state index in [0.717, 1.165) is 31.1 Å². The molecule has 0 aromatic rings. The molecule has 2 aliphatic rings. The van der Waals surface area contributed by atoms with Crippen molar-refractivity contribution in [3.63, 3.8) is 0 Å². The van der Waals surface area contributed by atoms with Crippen molar-refractivity contribution < 1.29 is 4.74 Å². The lowest BCUT2D eigenvalue weighted by Gasteiger charge is -2.36. The van der Waals surface area contributed by atoms with Crippen LogP contribution < -0.4 is 5.73 Å². The van der Waals surface area contributed by atoms with Crippen LogP contribution in [-0.2, 0) is 4.74 Å². The lowest BCUT2D eigenvalue weighted by molar-refractivity contribution is 0.131. The predicted molar refractivity (Wildman–Crippen MR) is 57.7 cm³/mol. The third-order valence-corrected chi connectivity index (χ3v) is 3.75. The van der Waals surface area contributed by atoms with Gasteiger partial charge in [0.2, 0.25) is 0 Å². The van der Waals surface area contributed by atoms with Gasteiger partial charge in [0.1, 0.15) is 5.76 Å². The smallest absolute Gasteiger partial charge is 0.109 e. The minimum atomic E-state index is 0.139. The fraction of sp³-hybridized carbons (Fsp3) is 0.833. The number of hydrogen-bond acceptors (Lipinski definition) is 2. The van der Waals surface area contributed by atoms with Crippen molar-refractivity contribution in [1.29, 1.82) is 0 Å². The van der Waals surface area contributed by atoms with E-state index in [-0.39, 0.29) is 6.04 Å². The monoisotopic (exact) mass is 195 g/mol. The maximum absolute atomic E-state index is 6.21. The molecule has 0 aromatic carbocycles. The Morgan fingerprint density at radius 2 is 2.21 bits per heavy atom. The zero-order chi connectivity index (χ0) is 9.97. The summed E-state index contributed by atoms with van der Waals surface area (Å²) in [6, 6.07) is 0.139. The second kappa shape index (κ2) is 4.35. The van der Waals surface area contributed by atoms with Gasteiger partial charge in [-0.05, 0) is 30.8 Å². The zero-order valence-corrected chi connectivity index (χ0v) is 9.04. The first-order chi connectivity index (χ1) is 6.79. The molecule has 1 fully saturated rings. The normalized spacial score (nSPS) is 27.1. The Labute approximate surface area is 86.5 Å². The Morgan fingerprint density at radius 3 is 2.71 bits per heavy atom. The molecule has 2 atom stereocenters. The Kier molecular flexibility index (Phi) is 3.12. The summed E-state index contributed by atoms with van der Waals surface area (Å²) in [6.07, 6.45) is 8.59. The molecular formula is C12H21NO. The summed E-state index contributed by atoms with van der Waals surface area (Å²) in [6.45, 7) is 3.13. The lowest BCUT2D eigenvalue weighted by atomic mass is 9.73. The fourth-order valence-corrected chi connectivity index (χ4v) is 2.33. The van der Waals surface area contributed by atoms with Gasteiger partial charge in [0, 0.05) is 0 Å². The highest BCUT2D eigenvalue weighted by Gasteiger charge is 2.30. The average Bonchev–Trinajstić information content (AvgIpc) is 2.15. The fourth-order valence-electron chi connectivity index (χ4n) is 2.33. The van der Waals surface area contributed by atoms with Crippen LogP contribution in [0.3, 0.4) is 0 Å². The summed E-state index contributed by atoms with van der Waals surface area (Å²) in [5.74, 6) is 2.49. The Balaban J connectivity index is 1.91. The van der Waals surface area contributed by atoms with Crippen LogP contribution in [0.25, 0.3) is 0 Å². The van der Waals surface area contributed by atoms with Gasteiger partial charge in [0.25, 0.3) is 0 Å². The molecule has 1 saturated carbocycles. The second-order valence-electron chi connectivity index (χ2n) is 4.67. The van der Waals surface area contributed by atoms with Gasteiger partial charge in [0.15, 0.2) is 0 Å². The summed E-state index contributed by atoms with van der Waals surface area (Å²) in [7, 11) is 0. The number of ether oxygens (including phenoxy) is 1. The van der Waals surface area contributed by atoms with E-state index in [1.165, 1.54) is 19.3 Å². The molecule has 1 aliphatic heterocycles. The first kappa shape index (κ1) is 10.0. The standard InChI is InChI=1S/C12H21NO/c1-9(10-5-4-6-10)12(13)11-7-2-3-8-14-11/h7,9-10,12H,2-6,8,13H2,1H3. The van der Waals surface area contributed by atoms with E-state index in [1.807, 2.05) is 0 Å². The van der Waals surface area contributed by atoms with E-state index in [1.54, 1.807) is 0 Å². The van der Waals surface area contributed by atoms with Gasteiger partial charge in [-0.25, -0.2) is 0 Å². The highest BCUT2D eigenvalue weighted by Crippen LogP contribution is 2.36. The van der Waals surface area contributed by atoms with Crippen molar-refractivity contribution in [2.45, 2.75) is 45.1 Å². The molecule has 0 bridgehead atoms. The van der Waals surface area contributed by atoms with Crippen molar-refractivity contribution in [2.75, 3.05) is 6.61 Å². The Hall–Kier alpha value is -0.500. The molecule has 2 N–H and O–H groups in total. The van der Waals surface area contributed by atoms with E-state index in [4.69, 9.17) is 10.5 Å². The van der Waals surface area contributed by atoms with E-state index in [9.17, 15) is 0 Å². The Bertz CT molecular complexity index is 220. The molecule has 14 heavy (non-hydrogen) atoms. The molecule has 2 heteroatoms. The third kappa shape index (κ3) is 1.95. The molecule has 0 aromatic heterocycles. The van der Waals surface area contributed by atoms with Gasteiger partial charge in [0.05, 0.1) is 12.6 Å². The molecule has 0 saturated heterocycles. The Morgan fingerprint density at radius 1 is 1.43 bits per heavy atom. The molecule has 0 amide bonds. The zero-order valence-electron chi connectivity index (χ0n) is 9.04. The number of nitrogens with two attached hydrogens (primary N) is 1. The predicted octanol–water partition coefficient (Wildman–Crippen LogP) is 2.44. The molecule has 1 heterocycles. The van der Waals surface area contributed by atoms with E-state index < -0.39 is 0 Å². The molecule has 2 nitrogen and oxygen atoms in total. The van der Waals surface area contributed by atoms with Crippen LogP contribution in [0.1, 0.15) is 39.0 Å². The minimum Gasteiger partial charge on any atom is -0.497 e. The topological polar surface area (TPSA) is 35.2 Å². The van der Waals surface area contributed by atoms with Crippen LogP contribution in [0.4, 0.5) is 0 Å². The molecule has 2 unspecified atom stereocenters. The molecule has 0 spiro atoms. The first-order valence-electron chi connectivity index (χ1n) is 5.87. The van der Waals surface area contributed by atoms with Gasteiger partial charge in [-0.15, -0.1) is 0 Å². The van der Waals surface area contributed by atoms with Crippen molar-refractivity contribution in [1.82, 2.24) is 0 Å². The van der Waals surface area contributed by atoms with Crippen molar-refractivity contribution in [3.05, 3.63) is 11.8 Å².